The van der Waals surface area contributed by atoms with E-state index in [0.717, 1.165) is 9.43 Å². The predicted octanol–water partition coefficient (Wildman–Crippen LogP) is 1.65. The molecular formula is C6H5NO2S. The van der Waals surface area contributed by atoms with Crippen molar-refractivity contribution in [3.63, 3.8) is 0 Å². The molecule has 0 amide bonds. The summed E-state index contributed by atoms with van der Waals surface area (Å²) in [4.78, 5) is 0. The second kappa shape index (κ2) is 1.67. The summed E-state index contributed by atoms with van der Waals surface area (Å²) in [5.41, 5.74) is 0.655. The SMILES string of the molecule is Oc1cc2sccc2n1O. The van der Waals surface area contributed by atoms with E-state index in [-0.39, 0.29) is 5.88 Å². The lowest BCUT2D eigenvalue weighted by molar-refractivity contribution is 0.168. The summed E-state index contributed by atoms with van der Waals surface area (Å²) in [6, 6.07) is 3.28. The van der Waals surface area contributed by atoms with E-state index in [0.29, 0.717) is 5.52 Å². The van der Waals surface area contributed by atoms with Gasteiger partial charge in [-0.3, -0.25) is 0 Å². The van der Waals surface area contributed by atoms with Gasteiger partial charge in [0.15, 0.2) is 0 Å². The number of rotatable bonds is 0. The molecule has 0 spiro atoms. The topological polar surface area (TPSA) is 45.4 Å². The highest BCUT2D eigenvalue weighted by Gasteiger charge is 2.05. The third kappa shape index (κ3) is 0.537. The lowest BCUT2D eigenvalue weighted by Crippen LogP contribution is -1.85. The number of fused-ring (bicyclic) bond motifs is 1. The van der Waals surface area contributed by atoms with Crippen LogP contribution in [0.5, 0.6) is 5.88 Å². The van der Waals surface area contributed by atoms with E-state index in [1.807, 2.05) is 5.38 Å². The maximum atomic E-state index is 9.06. The van der Waals surface area contributed by atoms with E-state index in [9.17, 15) is 0 Å². The molecule has 0 fully saturated rings. The Kier molecular flexibility index (Phi) is 0.935. The van der Waals surface area contributed by atoms with Gasteiger partial charge >= 0.3 is 0 Å². The van der Waals surface area contributed by atoms with E-state index in [4.69, 9.17) is 10.3 Å². The zero-order valence-electron chi connectivity index (χ0n) is 4.98. The molecule has 0 aliphatic carbocycles. The first-order valence-electron chi connectivity index (χ1n) is 2.76. The average Bonchev–Trinajstić information content (AvgIpc) is 2.41. The number of aromatic hydroxyl groups is 1. The summed E-state index contributed by atoms with van der Waals surface area (Å²) in [6.45, 7) is 0. The molecule has 0 aliphatic rings. The molecule has 0 saturated carbocycles. The molecule has 0 atom stereocenters. The smallest absolute Gasteiger partial charge is 0.226 e. The Morgan fingerprint density at radius 2 is 2.30 bits per heavy atom. The third-order valence-corrected chi connectivity index (χ3v) is 2.23. The van der Waals surface area contributed by atoms with Gasteiger partial charge in [-0.2, -0.15) is 4.73 Å². The molecule has 0 aliphatic heterocycles. The molecule has 0 radical (unpaired) electrons. The van der Waals surface area contributed by atoms with Crippen LogP contribution in [-0.4, -0.2) is 15.0 Å². The number of hydrogen-bond acceptors (Lipinski definition) is 3. The number of hydrogen-bond donors (Lipinski definition) is 2. The maximum absolute atomic E-state index is 9.06. The van der Waals surface area contributed by atoms with Crippen molar-refractivity contribution in [1.82, 2.24) is 4.73 Å². The van der Waals surface area contributed by atoms with Crippen LogP contribution < -0.4 is 0 Å². The zero-order chi connectivity index (χ0) is 7.14. The van der Waals surface area contributed by atoms with Crippen LogP contribution in [0.1, 0.15) is 0 Å². The Hall–Kier alpha value is -1.16. The number of nitrogens with zero attached hydrogens (tertiary/aromatic N) is 1. The summed E-state index contributed by atoms with van der Waals surface area (Å²) in [7, 11) is 0. The van der Waals surface area contributed by atoms with Crippen molar-refractivity contribution < 1.29 is 10.3 Å². The molecule has 52 valence electrons. The van der Waals surface area contributed by atoms with Gasteiger partial charge in [0.1, 0.15) is 5.52 Å². The predicted molar refractivity (Wildman–Crippen MR) is 38.7 cm³/mol. The highest BCUT2D eigenvalue weighted by Crippen LogP contribution is 2.26. The second-order valence-electron chi connectivity index (χ2n) is 1.98. The van der Waals surface area contributed by atoms with Gasteiger partial charge in [0.2, 0.25) is 5.88 Å². The van der Waals surface area contributed by atoms with E-state index in [1.165, 1.54) is 17.4 Å². The van der Waals surface area contributed by atoms with Crippen molar-refractivity contribution in [3.05, 3.63) is 17.5 Å². The maximum Gasteiger partial charge on any atom is 0.226 e. The summed E-state index contributed by atoms with van der Waals surface area (Å²) in [5.74, 6) is -0.109. The lowest BCUT2D eigenvalue weighted by atomic mass is 10.5. The van der Waals surface area contributed by atoms with Crippen molar-refractivity contribution in [3.8, 4) is 5.88 Å². The minimum atomic E-state index is -0.109. The first kappa shape index (κ1) is 5.61. The summed E-state index contributed by atoms with van der Waals surface area (Å²) in [5, 5.41) is 19.9. The van der Waals surface area contributed by atoms with E-state index >= 15 is 0 Å². The summed E-state index contributed by atoms with van der Waals surface area (Å²) in [6.07, 6.45) is 0. The largest absolute Gasteiger partial charge is 0.492 e. The Bertz CT molecular complexity index is 363. The van der Waals surface area contributed by atoms with Crippen molar-refractivity contribution in [2.75, 3.05) is 0 Å². The van der Waals surface area contributed by atoms with Gasteiger partial charge in [-0.1, -0.05) is 0 Å². The number of aromatic nitrogens is 1. The molecule has 2 aromatic heterocycles. The van der Waals surface area contributed by atoms with Crippen LogP contribution in [0, 0.1) is 0 Å². The fraction of sp³-hybridized carbons (Fsp3) is 0. The molecule has 2 N–H and O–H groups in total. The summed E-state index contributed by atoms with van der Waals surface area (Å²) >= 11 is 1.48. The molecule has 4 heteroatoms. The quantitative estimate of drug-likeness (QED) is 0.568. The van der Waals surface area contributed by atoms with Crippen LogP contribution in [0.2, 0.25) is 0 Å². The van der Waals surface area contributed by atoms with Gasteiger partial charge in [0, 0.05) is 6.07 Å². The normalized spacial score (nSPS) is 10.8. The van der Waals surface area contributed by atoms with Crippen LogP contribution in [0.3, 0.4) is 0 Å². The molecule has 2 aromatic rings. The molecular weight excluding hydrogens is 150 g/mol. The fourth-order valence-corrected chi connectivity index (χ4v) is 1.69. The second-order valence-corrected chi connectivity index (χ2v) is 2.93. The minimum absolute atomic E-state index is 0.109. The highest BCUT2D eigenvalue weighted by atomic mass is 32.1. The molecule has 0 aromatic carbocycles. The molecule has 0 saturated heterocycles. The molecule has 2 heterocycles. The van der Waals surface area contributed by atoms with Gasteiger partial charge < -0.3 is 10.3 Å². The van der Waals surface area contributed by atoms with Gasteiger partial charge in [-0.25, -0.2) is 0 Å². The van der Waals surface area contributed by atoms with Crippen LogP contribution in [-0.2, 0) is 0 Å². The lowest BCUT2D eigenvalue weighted by Gasteiger charge is -1.90. The van der Waals surface area contributed by atoms with Crippen molar-refractivity contribution in [1.29, 1.82) is 0 Å². The van der Waals surface area contributed by atoms with Gasteiger partial charge in [-0.15, -0.1) is 11.3 Å². The monoisotopic (exact) mass is 155 g/mol. The van der Waals surface area contributed by atoms with E-state index in [2.05, 4.69) is 0 Å². The van der Waals surface area contributed by atoms with Crippen LogP contribution >= 0.6 is 11.3 Å². The van der Waals surface area contributed by atoms with Gasteiger partial charge in [-0.05, 0) is 11.4 Å². The average molecular weight is 155 g/mol. The summed E-state index contributed by atoms with van der Waals surface area (Å²) < 4.78 is 1.66. The van der Waals surface area contributed by atoms with Crippen molar-refractivity contribution in [2.45, 2.75) is 0 Å². The standard InChI is InChI=1S/C6H5NO2S/c8-6-3-5-4(7(6)9)1-2-10-5/h1-3,8-9H. The molecule has 10 heavy (non-hydrogen) atoms. The molecule has 0 unspecified atom stereocenters. The fourth-order valence-electron chi connectivity index (χ4n) is 0.899. The van der Waals surface area contributed by atoms with Crippen LogP contribution in [0.4, 0.5) is 0 Å². The molecule has 3 nitrogen and oxygen atoms in total. The highest BCUT2D eigenvalue weighted by molar-refractivity contribution is 7.17. The first-order valence-corrected chi connectivity index (χ1v) is 3.64. The Labute approximate surface area is 60.7 Å². The Balaban J connectivity index is 2.95. The number of thiophene rings is 1. The Morgan fingerprint density at radius 1 is 1.50 bits per heavy atom. The van der Waals surface area contributed by atoms with Crippen LogP contribution in [0.25, 0.3) is 10.2 Å². The van der Waals surface area contributed by atoms with Gasteiger partial charge in [0.25, 0.3) is 0 Å². The molecule has 0 bridgehead atoms. The van der Waals surface area contributed by atoms with E-state index in [1.54, 1.807) is 6.07 Å². The van der Waals surface area contributed by atoms with E-state index < -0.39 is 0 Å². The van der Waals surface area contributed by atoms with Gasteiger partial charge in [0.05, 0.1) is 4.70 Å². The van der Waals surface area contributed by atoms with Crippen molar-refractivity contribution >= 4 is 21.6 Å². The van der Waals surface area contributed by atoms with Crippen molar-refractivity contribution in [2.24, 2.45) is 0 Å². The molecule has 2 rings (SSSR count). The first-order chi connectivity index (χ1) is 4.79. The zero-order valence-corrected chi connectivity index (χ0v) is 5.80. The van der Waals surface area contributed by atoms with Crippen LogP contribution in [0.15, 0.2) is 17.5 Å². The third-order valence-electron chi connectivity index (χ3n) is 1.38. The Morgan fingerprint density at radius 3 is 3.00 bits per heavy atom. The minimum Gasteiger partial charge on any atom is -0.492 e.